The van der Waals surface area contributed by atoms with Gasteiger partial charge in [0.25, 0.3) is 0 Å². The summed E-state index contributed by atoms with van der Waals surface area (Å²) in [5.74, 6) is 0.798. The molecule has 70 valence electrons. The van der Waals surface area contributed by atoms with E-state index in [2.05, 4.69) is 31.1 Å². The summed E-state index contributed by atoms with van der Waals surface area (Å²) in [6.07, 6.45) is 7.60. The summed E-state index contributed by atoms with van der Waals surface area (Å²) in [7, 11) is 0. The molecule has 0 aromatic carbocycles. The van der Waals surface area contributed by atoms with Crippen LogP contribution in [-0.4, -0.2) is 4.98 Å². The van der Waals surface area contributed by atoms with E-state index in [-0.39, 0.29) is 0 Å². The van der Waals surface area contributed by atoms with Crippen molar-refractivity contribution in [1.29, 1.82) is 0 Å². The average Bonchev–Trinajstić information content (AvgIpc) is 2.62. The second-order valence-electron chi connectivity index (χ2n) is 4.15. The lowest BCUT2D eigenvalue weighted by atomic mass is 9.98. The third-order valence-corrected chi connectivity index (χ3v) is 3.19. The number of hydrogen-bond acceptors (Lipinski definition) is 1. The Morgan fingerprint density at radius 1 is 1.23 bits per heavy atom. The molecule has 0 N–H and O–H groups in total. The first-order chi connectivity index (χ1) is 6.27. The Hall–Kier alpha value is -0.850. The van der Waals surface area contributed by atoms with Crippen LogP contribution in [0.2, 0.25) is 0 Å². The van der Waals surface area contributed by atoms with Crippen LogP contribution in [0.1, 0.15) is 48.4 Å². The summed E-state index contributed by atoms with van der Waals surface area (Å²) in [5.41, 5.74) is 3.96. The first kappa shape index (κ1) is 8.74. The van der Waals surface area contributed by atoms with E-state index in [1.165, 1.54) is 42.5 Å². The fourth-order valence-electron chi connectivity index (χ4n) is 2.15. The summed E-state index contributed by atoms with van der Waals surface area (Å²) in [6, 6.07) is 2.32. The van der Waals surface area contributed by atoms with Crippen LogP contribution in [0.15, 0.2) is 12.3 Å². The Kier molecular flexibility index (Phi) is 2.34. The zero-order chi connectivity index (χ0) is 9.26. The van der Waals surface area contributed by atoms with Gasteiger partial charge in [-0.05, 0) is 43.7 Å². The molecule has 0 bridgehead atoms. The number of aryl methyl sites for hydroxylation is 2. The van der Waals surface area contributed by atoms with Crippen molar-refractivity contribution in [2.75, 3.05) is 0 Å². The fraction of sp³-hybridized carbons (Fsp3) is 0.583. The first-order valence-electron chi connectivity index (χ1n) is 5.20. The van der Waals surface area contributed by atoms with Gasteiger partial charge in [-0.3, -0.25) is 4.98 Å². The molecule has 1 nitrogen and oxygen atoms in total. The summed E-state index contributed by atoms with van der Waals surface area (Å²) >= 11 is 0. The van der Waals surface area contributed by atoms with Crippen LogP contribution in [0, 0.1) is 13.8 Å². The Morgan fingerprint density at radius 2 is 1.92 bits per heavy atom. The van der Waals surface area contributed by atoms with Crippen molar-refractivity contribution in [1.82, 2.24) is 4.98 Å². The molecule has 0 radical (unpaired) electrons. The maximum absolute atomic E-state index is 4.42. The number of hydrogen-bond donors (Lipinski definition) is 0. The second-order valence-corrected chi connectivity index (χ2v) is 4.15. The molecule has 0 aliphatic heterocycles. The van der Waals surface area contributed by atoms with Crippen LogP contribution in [0.5, 0.6) is 0 Å². The lowest BCUT2D eigenvalue weighted by molar-refractivity contribution is 0.717. The minimum absolute atomic E-state index is 0.798. The van der Waals surface area contributed by atoms with Crippen molar-refractivity contribution in [3.63, 3.8) is 0 Å². The van der Waals surface area contributed by atoms with Crippen molar-refractivity contribution in [2.45, 2.75) is 45.4 Å². The lowest BCUT2D eigenvalue weighted by Gasteiger charge is -2.10. The number of aromatic nitrogens is 1. The molecular weight excluding hydrogens is 158 g/mol. The van der Waals surface area contributed by atoms with Crippen LogP contribution in [-0.2, 0) is 0 Å². The Morgan fingerprint density at radius 3 is 2.54 bits per heavy atom. The number of nitrogens with zero attached hydrogens (tertiary/aromatic N) is 1. The second kappa shape index (κ2) is 3.49. The van der Waals surface area contributed by atoms with E-state index in [0.717, 1.165) is 5.92 Å². The Bertz CT molecular complexity index is 298. The van der Waals surface area contributed by atoms with Crippen LogP contribution in [0.4, 0.5) is 0 Å². The molecule has 1 fully saturated rings. The number of rotatable bonds is 1. The van der Waals surface area contributed by atoms with Crippen molar-refractivity contribution >= 4 is 0 Å². The summed E-state index contributed by atoms with van der Waals surface area (Å²) in [6.45, 7) is 4.23. The van der Waals surface area contributed by atoms with E-state index in [1.54, 1.807) is 0 Å². The molecule has 1 heterocycles. The highest BCUT2D eigenvalue weighted by atomic mass is 14.7. The molecule has 1 aliphatic carbocycles. The van der Waals surface area contributed by atoms with Gasteiger partial charge in [0, 0.05) is 11.9 Å². The van der Waals surface area contributed by atoms with E-state index < -0.39 is 0 Å². The monoisotopic (exact) mass is 175 g/mol. The molecule has 1 aromatic rings. The summed E-state index contributed by atoms with van der Waals surface area (Å²) in [4.78, 5) is 4.42. The van der Waals surface area contributed by atoms with Gasteiger partial charge >= 0.3 is 0 Å². The van der Waals surface area contributed by atoms with Crippen molar-refractivity contribution in [2.24, 2.45) is 0 Å². The Balaban J connectivity index is 2.25. The van der Waals surface area contributed by atoms with E-state index in [0.29, 0.717) is 0 Å². The van der Waals surface area contributed by atoms with Gasteiger partial charge < -0.3 is 0 Å². The molecule has 0 amide bonds. The standard InChI is InChI=1S/C12H17N/c1-9-7-12(8-13-10(9)2)11-5-3-4-6-11/h7-8,11H,3-6H2,1-2H3. The highest BCUT2D eigenvalue weighted by Gasteiger charge is 2.17. The zero-order valence-electron chi connectivity index (χ0n) is 8.51. The molecule has 1 aliphatic rings. The molecule has 0 saturated heterocycles. The molecule has 0 spiro atoms. The molecule has 1 saturated carbocycles. The van der Waals surface area contributed by atoms with Gasteiger partial charge in [-0.15, -0.1) is 0 Å². The summed E-state index contributed by atoms with van der Waals surface area (Å²) in [5, 5.41) is 0. The van der Waals surface area contributed by atoms with Crippen LogP contribution < -0.4 is 0 Å². The molecule has 13 heavy (non-hydrogen) atoms. The predicted molar refractivity (Wildman–Crippen MR) is 54.9 cm³/mol. The van der Waals surface area contributed by atoms with E-state index in [4.69, 9.17) is 0 Å². The largest absolute Gasteiger partial charge is 0.261 e. The molecule has 1 aromatic heterocycles. The maximum Gasteiger partial charge on any atom is 0.0401 e. The van der Waals surface area contributed by atoms with Crippen molar-refractivity contribution in [3.05, 3.63) is 29.1 Å². The van der Waals surface area contributed by atoms with Gasteiger partial charge in [-0.25, -0.2) is 0 Å². The molecule has 1 heteroatoms. The molecular formula is C12H17N. The van der Waals surface area contributed by atoms with Crippen LogP contribution >= 0.6 is 0 Å². The zero-order valence-corrected chi connectivity index (χ0v) is 8.51. The third kappa shape index (κ3) is 1.74. The maximum atomic E-state index is 4.42. The minimum atomic E-state index is 0.798. The van der Waals surface area contributed by atoms with Crippen LogP contribution in [0.25, 0.3) is 0 Å². The van der Waals surface area contributed by atoms with E-state index >= 15 is 0 Å². The fourth-order valence-corrected chi connectivity index (χ4v) is 2.15. The highest BCUT2D eigenvalue weighted by molar-refractivity contribution is 5.26. The SMILES string of the molecule is Cc1cc(C2CCCC2)cnc1C. The van der Waals surface area contributed by atoms with E-state index in [1.807, 2.05) is 0 Å². The van der Waals surface area contributed by atoms with Crippen molar-refractivity contribution in [3.8, 4) is 0 Å². The Labute approximate surface area is 80.2 Å². The normalized spacial score (nSPS) is 18.0. The molecule has 0 atom stereocenters. The van der Waals surface area contributed by atoms with Gasteiger partial charge in [0.1, 0.15) is 0 Å². The van der Waals surface area contributed by atoms with Crippen molar-refractivity contribution < 1.29 is 0 Å². The van der Waals surface area contributed by atoms with Gasteiger partial charge in [-0.2, -0.15) is 0 Å². The predicted octanol–water partition coefficient (Wildman–Crippen LogP) is 3.36. The topological polar surface area (TPSA) is 12.9 Å². The first-order valence-corrected chi connectivity index (χ1v) is 5.20. The van der Waals surface area contributed by atoms with E-state index in [9.17, 15) is 0 Å². The average molecular weight is 175 g/mol. The third-order valence-electron chi connectivity index (χ3n) is 3.19. The molecule has 2 rings (SSSR count). The van der Waals surface area contributed by atoms with Gasteiger partial charge in [0.2, 0.25) is 0 Å². The highest BCUT2D eigenvalue weighted by Crippen LogP contribution is 2.33. The lowest BCUT2D eigenvalue weighted by Crippen LogP contribution is -1.96. The number of pyridine rings is 1. The van der Waals surface area contributed by atoms with Gasteiger partial charge in [0.05, 0.1) is 0 Å². The van der Waals surface area contributed by atoms with Gasteiger partial charge in [-0.1, -0.05) is 18.9 Å². The minimum Gasteiger partial charge on any atom is -0.261 e. The van der Waals surface area contributed by atoms with Crippen LogP contribution in [0.3, 0.4) is 0 Å². The van der Waals surface area contributed by atoms with Gasteiger partial charge in [0.15, 0.2) is 0 Å². The molecule has 0 unspecified atom stereocenters. The smallest absolute Gasteiger partial charge is 0.0401 e. The summed E-state index contributed by atoms with van der Waals surface area (Å²) < 4.78 is 0. The quantitative estimate of drug-likeness (QED) is 0.637.